The third-order valence-corrected chi connectivity index (χ3v) is 2.48. The van der Waals surface area contributed by atoms with E-state index in [1.807, 2.05) is 0 Å². The largest absolute Gasteiger partial charge is 0.472 e. The van der Waals surface area contributed by atoms with E-state index in [4.69, 9.17) is 4.42 Å². The summed E-state index contributed by atoms with van der Waals surface area (Å²) >= 11 is 0. The molecule has 15 heavy (non-hydrogen) atoms. The zero-order valence-corrected chi connectivity index (χ0v) is 8.67. The van der Waals surface area contributed by atoms with Crippen LogP contribution in [-0.4, -0.2) is 17.8 Å². The lowest BCUT2D eigenvalue weighted by molar-refractivity contribution is -0.485. The molecule has 0 bridgehead atoms. The highest BCUT2D eigenvalue weighted by atomic mass is 16.6. The number of carbonyl (C=O) groups is 1. The summed E-state index contributed by atoms with van der Waals surface area (Å²) in [4.78, 5) is 21.0. The summed E-state index contributed by atoms with van der Waals surface area (Å²) < 4.78 is 4.88. The molecule has 0 unspecified atom stereocenters. The Hall–Kier alpha value is -1.65. The van der Waals surface area contributed by atoms with E-state index in [9.17, 15) is 14.9 Å². The van der Waals surface area contributed by atoms with Gasteiger partial charge in [0.1, 0.15) is 6.29 Å². The van der Waals surface area contributed by atoms with Crippen molar-refractivity contribution in [3.63, 3.8) is 0 Å². The molecular formula is C10H13NO4. The standard InChI is InChI=1S/C10H13NO4/c1-10(2,7-12)9(5-11(13)14)8-3-4-15-6-8/h3-4,6-7,9H,5H2,1-2H3/t9-/m0/s1. The minimum Gasteiger partial charge on any atom is -0.472 e. The van der Waals surface area contributed by atoms with Crippen LogP contribution in [0.3, 0.4) is 0 Å². The van der Waals surface area contributed by atoms with Gasteiger partial charge in [0.05, 0.1) is 18.4 Å². The number of hydrogen-bond donors (Lipinski definition) is 0. The van der Waals surface area contributed by atoms with Crippen LogP contribution < -0.4 is 0 Å². The van der Waals surface area contributed by atoms with Crippen molar-refractivity contribution in [1.29, 1.82) is 0 Å². The lowest BCUT2D eigenvalue weighted by Crippen LogP contribution is -2.29. The summed E-state index contributed by atoms with van der Waals surface area (Å²) in [7, 11) is 0. The zero-order chi connectivity index (χ0) is 11.5. The molecule has 0 spiro atoms. The van der Waals surface area contributed by atoms with Gasteiger partial charge in [-0.3, -0.25) is 10.1 Å². The molecule has 0 aromatic carbocycles. The van der Waals surface area contributed by atoms with Gasteiger partial charge in [0.2, 0.25) is 6.54 Å². The lowest BCUT2D eigenvalue weighted by Gasteiger charge is -2.24. The molecule has 1 aromatic rings. The average Bonchev–Trinajstić information content (AvgIpc) is 2.66. The normalized spacial score (nSPS) is 13.5. The van der Waals surface area contributed by atoms with Crippen LogP contribution in [0.25, 0.3) is 0 Å². The Kier molecular flexibility index (Phi) is 3.24. The fraction of sp³-hybridized carbons (Fsp3) is 0.500. The van der Waals surface area contributed by atoms with E-state index >= 15 is 0 Å². The molecule has 1 heterocycles. The molecule has 1 aromatic heterocycles. The van der Waals surface area contributed by atoms with Gasteiger partial charge in [-0.2, -0.15) is 0 Å². The van der Waals surface area contributed by atoms with Crippen molar-refractivity contribution in [2.75, 3.05) is 6.54 Å². The van der Waals surface area contributed by atoms with Gasteiger partial charge in [-0.1, -0.05) is 13.8 Å². The van der Waals surface area contributed by atoms with Gasteiger partial charge in [-0.15, -0.1) is 0 Å². The van der Waals surface area contributed by atoms with Crippen LogP contribution in [0.2, 0.25) is 0 Å². The Balaban J connectivity index is 2.98. The number of aldehydes is 1. The van der Waals surface area contributed by atoms with Crippen LogP contribution in [0.4, 0.5) is 0 Å². The van der Waals surface area contributed by atoms with E-state index in [0.29, 0.717) is 5.56 Å². The van der Waals surface area contributed by atoms with Crippen molar-refractivity contribution in [1.82, 2.24) is 0 Å². The van der Waals surface area contributed by atoms with Crippen LogP contribution in [0.1, 0.15) is 25.3 Å². The van der Waals surface area contributed by atoms with E-state index in [1.54, 1.807) is 19.9 Å². The van der Waals surface area contributed by atoms with Crippen molar-refractivity contribution in [2.45, 2.75) is 19.8 Å². The predicted molar refractivity (Wildman–Crippen MR) is 53.2 cm³/mol. The molecule has 0 radical (unpaired) electrons. The molecule has 0 saturated heterocycles. The number of nitro groups is 1. The monoisotopic (exact) mass is 211 g/mol. The van der Waals surface area contributed by atoms with Crippen molar-refractivity contribution in [3.8, 4) is 0 Å². The smallest absolute Gasteiger partial charge is 0.211 e. The van der Waals surface area contributed by atoms with E-state index in [1.165, 1.54) is 12.5 Å². The second-order valence-electron chi connectivity index (χ2n) is 4.06. The third-order valence-electron chi connectivity index (χ3n) is 2.48. The Morgan fingerprint density at radius 1 is 1.67 bits per heavy atom. The molecule has 0 N–H and O–H groups in total. The molecule has 0 amide bonds. The minimum atomic E-state index is -0.767. The molecule has 5 nitrogen and oxygen atoms in total. The van der Waals surface area contributed by atoms with Gasteiger partial charge >= 0.3 is 0 Å². The SMILES string of the molecule is CC(C)(C=O)[C@@H](C[N+](=O)[O-])c1ccoc1. The zero-order valence-electron chi connectivity index (χ0n) is 8.67. The summed E-state index contributed by atoms with van der Waals surface area (Å²) in [6.45, 7) is 3.09. The first-order valence-electron chi connectivity index (χ1n) is 4.57. The first-order chi connectivity index (χ1) is 6.97. The summed E-state index contributed by atoms with van der Waals surface area (Å²) in [5.41, 5.74) is -0.0828. The maximum absolute atomic E-state index is 10.9. The summed E-state index contributed by atoms with van der Waals surface area (Å²) in [5, 5.41) is 10.5. The molecule has 0 saturated carbocycles. The van der Waals surface area contributed by atoms with Gasteiger partial charge in [0, 0.05) is 15.9 Å². The highest BCUT2D eigenvalue weighted by Crippen LogP contribution is 2.34. The maximum atomic E-state index is 10.9. The second-order valence-corrected chi connectivity index (χ2v) is 4.06. The molecule has 1 rings (SSSR count). The first-order valence-corrected chi connectivity index (χ1v) is 4.57. The second kappa shape index (κ2) is 4.25. The Morgan fingerprint density at radius 3 is 2.73 bits per heavy atom. The molecular weight excluding hydrogens is 198 g/mol. The minimum absolute atomic E-state index is 0.273. The summed E-state index contributed by atoms with van der Waals surface area (Å²) in [5.74, 6) is -0.455. The molecule has 0 aliphatic carbocycles. The Bertz CT molecular complexity index is 342. The number of carbonyl (C=O) groups excluding carboxylic acids is 1. The van der Waals surface area contributed by atoms with Crippen molar-refractivity contribution in [2.24, 2.45) is 5.41 Å². The molecule has 82 valence electrons. The lowest BCUT2D eigenvalue weighted by atomic mass is 9.77. The summed E-state index contributed by atoms with van der Waals surface area (Å²) in [6.07, 6.45) is 3.64. The van der Waals surface area contributed by atoms with Crippen molar-refractivity contribution >= 4 is 6.29 Å². The molecule has 1 atom stereocenters. The highest BCUT2D eigenvalue weighted by molar-refractivity contribution is 5.60. The fourth-order valence-corrected chi connectivity index (χ4v) is 1.47. The fourth-order valence-electron chi connectivity index (χ4n) is 1.47. The van der Waals surface area contributed by atoms with Gasteiger partial charge in [0.25, 0.3) is 0 Å². The highest BCUT2D eigenvalue weighted by Gasteiger charge is 2.35. The molecule has 0 aliphatic rings. The average molecular weight is 211 g/mol. The maximum Gasteiger partial charge on any atom is 0.211 e. The quantitative estimate of drug-likeness (QED) is 0.423. The Morgan fingerprint density at radius 2 is 2.33 bits per heavy atom. The topological polar surface area (TPSA) is 73.3 Å². The van der Waals surface area contributed by atoms with Crippen LogP contribution >= 0.6 is 0 Å². The van der Waals surface area contributed by atoms with Gasteiger partial charge in [-0.25, -0.2) is 0 Å². The first kappa shape index (κ1) is 11.4. The number of hydrogen-bond acceptors (Lipinski definition) is 4. The van der Waals surface area contributed by atoms with Gasteiger partial charge in [0.15, 0.2) is 0 Å². The third kappa shape index (κ3) is 2.65. The van der Waals surface area contributed by atoms with Crippen LogP contribution in [0, 0.1) is 15.5 Å². The van der Waals surface area contributed by atoms with E-state index < -0.39 is 16.3 Å². The van der Waals surface area contributed by atoms with Gasteiger partial charge < -0.3 is 9.21 Å². The van der Waals surface area contributed by atoms with E-state index in [0.717, 1.165) is 6.29 Å². The summed E-state index contributed by atoms with van der Waals surface area (Å²) in [6, 6.07) is 1.65. The van der Waals surface area contributed by atoms with Crippen LogP contribution in [-0.2, 0) is 4.79 Å². The van der Waals surface area contributed by atoms with E-state index in [-0.39, 0.29) is 6.54 Å². The van der Waals surface area contributed by atoms with Crippen molar-refractivity contribution < 1.29 is 14.1 Å². The van der Waals surface area contributed by atoms with Crippen molar-refractivity contribution in [3.05, 3.63) is 34.3 Å². The Labute approximate surface area is 87.2 Å². The molecule has 0 fully saturated rings. The van der Waals surface area contributed by atoms with Crippen LogP contribution in [0.15, 0.2) is 23.0 Å². The van der Waals surface area contributed by atoms with Gasteiger partial charge in [-0.05, 0) is 6.07 Å². The number of furan rings is 1. The number of nitrogens with zero attached hydrogens (tertiary/aromatic N) is 1. The molecule has 5 heteroatoms. The predicted octanol–water partition coefficient (Wildman–Crippen LogP) is 1.86. The van der Waals surface area contributed by atoms with E-state index in [2.05, 4.69) is 0 Å². The van der Waals surface area contributed by atoms with Crippen LogP contribution in [0.5, 0.6) is 0 Å². The molecule has 0 aliphatic heterocycles. The number of rotatable bonds is 5.